The number of ether oxygens (including phenoxy) is 1. The van der Waals surface area contributed by atoms with Crippen LogP contribution in [0, 0.1) is 5.92 Å². The molecule has 3 atom stereocenters. The van der Waals surface area contributed by atoms with E-state index in [2.05, 4.69) is 37.8 Å². The smallest absolute Gasteiger partial charge is 0.124 e. The van der Waals surface area contributed by atoms with Crippen LogP contribution in [0.3, 0.4) is 0 Å². The maximum Gasteiger partial charge on any atom is 0.124 e. The molecular weight excluding hydrogens is 272 g/mol. The van der Waals surface area contributed by atoms with Crippen molar-refractivity contribution in [2.75, 3.05) is 13.1 Å². The Bertz CT molecular complexity index is 514. The molecule has 0 aromatic heterocycles. The van der Waals surface area contributed by atoms with Crippen LogP contribution in [0.2, 0.25) is 0 Å². The van der Waals surface area contributed by atoms with Crippen LogP contribution in [0.4, 0.5) is 0 Å². The van der Waals surface area contributed by atoms with Crippen LogP contribution in [-0.2, 0) is 0 Å². The van der Waals surface area contributed by atoms with Gasteiger partial charge in [-0.3, -0.25) is 4.90 Å². The zero-order valence-electron chi connectivity index (χ0n) is 14.2. The van der Waals surface area contributed by atoms with Crippen LogP contribution in [0.1, 0.15) is 58.1 Å². The molecule has 1 fully saturated rings. The summed E-state index contributed by atoms with van der Waals surface area (Å²) in [5, 5.41) is 0. The number of para-hydroxylation sites is 1. The molecule has 0 saturated carbocycles. The number of nitrogens with two attached hydrogens (primary N) is 1. The summed E-state index contributed by atoms with van der Waals surface area (Å²) < 4.78 is 6.31. The summed E-state index contributed by atoms with van der Waals surface area (Å²) in [6.45, 7) is 8.94. The van der Waals surface area contributed by atoms with Gasteiger partial charge in [-0.05, 0) is 45.7 Å². The van der Waals surface area contributed by atoms with Crippen molar-refractivity contribution in [3.8, 4) is 5.75 Å². The number of hydrogen-bond acceptors (Lipinski definition) is 3. The quantitative estimate of drug-likeness (QED) is 0.924. The first-order chi connectivity index (χ1) is 10.5. The lowest BCUT2D eigenvalue weighted by molar-refractivity contribution is -0.0185. The summed E-state index contributed by atoms with van der Waals surface area (Å²) in [5.41, 5.74) is 7.61. The second kappa shape index (κ2) is 6.21. The van der Waals surface area contributed by atoms with Gasteiger partial charge in [-0.2, -0.15) is 0 Å². The maximum atomic E-state index is 6.66. The minimum atomic E-state index is -0.219. The molecule has 0 radical (unpaired) electrons. The van der Waals surface area contributed by atoms with Gasteiger partial charge in [0.1, 0.15) is 11.4 Å². The molecule has 1 aromatic rings. The molecule has 2 aliphatic heterocycles. The van der Waals surface area contributed by atoms with E-state index in [0.717, 1.165) is 17.9 Å². The molecule has 2 heterocycles. The molecule has 0 amide bonds. The number of nitrogens with zero attached hydrogens (tertiary/aromatic N) is 1. The van der Waals surface area contributed by atoms with Crippen LogP contribution >= 0.6 is 0 Å². The average Bonchev–Trinajstić information content (AvgIpc) is 2.51. The van der Waals surface area contributed by atoms with E-state index in [1.807, 2.05) is 12.1 Å². The molecule has 0 spiro atoms. The van der Waals surface area contributed by atoms with Gasteiger partial charge in [-0.25, -0.2) is 0 Å². The van der Waals surface area contributed by atoms with Crippen molar-refractivity contribution in [2.45, 2.75) is 64.1 Å². The van der Waals surface area contributed by atoms with Crippen LogP contribution in [0.15, 0.2) is 24.3 Å². The van der Waals surface area contributed by atoms with Gasteiger partial charge in [0.25, 0.3) is 0 Å². The van der Waals surface area contributed by atoms with Gasteiger partial charge in [0.05, 0.1) is 0 Å². The highest BCUT2D eigenvalue weighted by Crippen LogP contribution is 2.43. The molecule has 3 unspecified atom stereocenters. The summed E-state index contributed by atoms with van der Waals surface area (Å²) in [6.07, 6.45) is 5.25. The molecule has 1 aromatic carbocycles. The summed E-state index contributed by atoms with van der Waals surface area (Å²) >= 11 is 0. The van der Waals surface area contributed by atoms with Gasteiger partial charge >= 0.3 is 0 Å². The number of rotatable bonds is 3. The Hall–Kier alpha value is -1.06. The lowest BCUT2D eigenvalue weighted by atomic mass is 9.78. The first-order valence-electron chi connectivity index (χ1n) is 8.80. The Labute approximate surface area is 134 Å². The van der Waals surface area contributed by atoms with E-state index in [-0.39, 0.29) is 11.6 Å². The van der Waals surface area contributed by atoms with E-state index in [1.165, 1.54) is 32.2 Å². The van der Waals surface area contributed by atoms with Gasteiger partial charge in [0.15, 0.2) is 0 Å². The molecular formula is C19H30N2O. The summed E-state index contributed by atoms with van der Waals surface area (Å²) in [6, 6.07) is 9.03. The third kappa shape index (κ3) is 2.89. The molecule has 3 heteroatoms. The molecule has 22 heavy (non-hydrogen) atoms. The first-order valence-corrected chi connectivity index (χ1v) is 8.80. The third-order valence-electron chi connectivity index (χ3n) is 5.63. The molecule has 3 nitrogen and oxygen atoms in total. The lowest BCUT2D eigenvalue weighted by Gasteiger charge is -2.47. The SMILES string of the molecule is CCC1CCCCN1CC1C(N)c2ccccc2OC1(C)C. The van der Waals surface area contributed by atoms with E-state index >= 15 is 0 Å². The predicted octanol–water partition coefficient (Wildman–Crippen LogP) is 3.74. The monoisotopic (exact) mass is 302 g/mol. The lowest BCUT2D eigenvalue weighted by Crippen LogP contribution is -2.54. The van der Waals surface area contributed by atoms with E-state index in [9.17, 15) is 0 Å². The Morgan fingerprint density at radius 2 is 2.05 bits per heavy atom. The van der Waals surface area contributed by atoms with Crippen molar-refractivity contribution in [1.29, 1.82) is 0 Å². The number of likely N-dealkylation sites (tertiary alicyclic amines) is 1. The van der Waals surface area contributed by atoms with Crippen LogP contribution < -0.4 is 10.5 Å². The van der Waals surface area contributed by atoms with Gasteiger partial charge in [-0.1, -0.05) is 31.5 Å². The fraction of sp³-hybridized carbons (Fsp3) is 0.684. The van der Waals surface area contributed by atoms with Gasteiger partial charge in [0, 0.05) is 30.1 Å². The summed E-state index contributed by atoms with van der Waals surface area (Å²) in [5.74, 6) is 1.29. The van der Waals surface area contributed by atoms with Crippen molar-refractivity contribution in [2.24, 2.45) is 11.7 Å². The molecule has 1 saturated heterocycles. The second-order valence-corrected chi connectivity index (χ2v) is 7.43. The van der Waals surface area contributed by atoms with Crippen molar-refractivity contribution >= 4 is 0 Å². The second-order valence-electron chi connectivity index (χ2n) is 7.43. The molecule has 3 rings (SSSR count). The van der Waals surface area contributed by atoms with Crippen molar-refractivity contribution < 1.29 is 4.74 Å². The highest BCUT2D eigenvalue weighted by Gasteiger charge is 2.43. The normalized spacial score (nSPS) is 31.4. The minimum Gasteiger partial charge on any atom is -0.487 e. The molecule has 122 valence electrons. The van der Waals surface area contributed by atoms with E-state index < -0.39 is 0 Å². The van der Waals surface area contributed by atoms with E-state index in [4.69, 9.17) is 10.5 Å². The largest absolute Gasteiger partial charge is 0.487 e. The number of hydrogen-bond donors (Lipinski definition) is 1. The van der Waals surface area contributed by atoms with Gasteiger partial charge in [0.2, 0.25) is 0 Å². The zero-order valence-corrected chi connectivity index (χ0v) is 14.2. The molecule has 0 bridgehead atoms. The average molecular weight is 302 g/mol. The fourth-order valence-corrected chi connectivity index (χ4v) is 4.21. The van der Waals surface area contributed by atoms with Crippen molar-refractivity contribution in [3.63, 3.8) is 0 Å². The van der Waals surface area contributed by atoms with E-state index in [0.29, 0.717) is 12.0 Å². The molecule has 2 N–H and O–H groups in total. The van der Waals surface area contributed by atoms with Crippen molar-refractivity contribution in [3.05, 3.63) is 29.8 Å². The highest BCUT2D eigenvalue weighted by molar-refractivity contribution is 5.39. The topological polar surface area (TPSA) is 38.5 Å². The third-order valence-corrected chi connectivity index (χ3v) is 5.63. The molecule has 0 aliphatic carbocycles. The first kappa shape index (κ1) is 15.8. The van der Waals surface area contributed by atoms with Crippen LogP contribution in [0.25, 0.3) is 0 Å². The summed E-state index contributed by atoms with van der Waals surface area (Å²) in [4.78, 5) is 2.66. The highest BCUT2D eigenvalue weighted by atomic mass is 16.5. The summed E-state index contributed by atoms with van der Waals surface area (Å²) in [7, 11) is 0. The molecule has 2 aliphatic rings. The predicted molar refractivity (Wildman–Crippen MR) is 91.1 cm³/mol. The number of benzene rings is 1. The Balaban J connectivity index is 1.83. The van der Waals surface area contributed by atoms with Gasteiger partial charge < -0.3 is 10.5 Å². The van der Waals surface area contributed by atoms with Gasteiger partial charge in [-0.15, -0.1) is 0 Å². The number of piperidine rings is 1. The Morgan fingerprint density at radius 3 is 2.82 bits per heavy atom. The standard InChI is InChI=1S/C19H30N2O/c1-4-14-9-7-8-12-21(14)13-16-18(20)15-10-5-6-11-17(15)22-19(16,2)3/h5-6,10-11,14,16,18H,4,7-9,12-13,20H2,1-3H3. The van der Waals surface area contributed by atoms with Crippen LogP contribution in [0.5, 0.6) is 5.75 Å². The minimum absolute atomic E-state index is 0.0550. The Morgan fingerprint density at radius 1 is 1.27 bits per heavy atom. The van der Waals surface area contributed by atoms with Crippen LogP contribution in [-0.4, -0.2) is 29.6 Å². The Kier molecular flexibility index (Phi) is 4.47. The maximum absolute atomic E-state index is 6.66. The fourth-order valence-electron chi connectivity index (χ4n) is 4.21. The van der Waals surface area contributed by atoms with E-state index in [1.54, 1.807) is 0 Å². The van der Waals surface area contributed by atoms with Crippen molar-refractivity contribution in [1.82, 2.24) is 4.90 Å². The number of fused-ring (bicyclic) bond motifs is 1. The zero-order chi connectivity index (χ0) is 15.7.